The first-order valence-corrected chi connectivity index (χ1v) is 6.32. The van der Waals surface area contributed by atoms with Gasteiger partial charge in [0.1, 0.15) is 6.61 Å². The second kappa shape index (κ2) is 7.26. The van der Waals surface area contributed by atoms with Crippen LogP contribution in [-0.4, -0.2) is 75.2 Å². The summed E-state index contributed by atoms with van der Waals surface area (Å²) in [6.45, 7) is -0.600. The number of alkyl halides is 8. The summed E-state index contributed by atoms with van der Waals surface area (Å²) in [4.78, 5) is 1.73. The lowest BCUT2D eigenvalue weighted by atomic mass is 10.1. The van der Waals surface area contributed by atoms with E-state index in [2.05, 4.69) is 4.74 Å². The van der Waals surface area contributed by atoms with Crippen molar-refractivity contribution in [2.24, 2.45) is 0 Å². The molecular formula is C11H15F8NO2. The van der Waals surface area contributed by atoms with E-state index < -0.39 is 37.4 Å². The molecule has 1 saturated heterocycles. The van der Waals surface area contributed by atoms with Gasteiger partial charge in [0.25, 0.3) is 0 Å². The molecular weight excluding hydrogens is 330 g/mol. The Morgan fingerprint density at radius 3 is 2.05 bits per heavy atom. The molecule has 0 amide bonds. The molecule has 0 spiro atoms. The molecule has 1 aliphatic rings. The number of hydrogen-bond donors (Lipinski definition) is 0. The Kier molecular flexibility index (Phi) is 6.39. The van der Waals surface area contributed by atoms with Gasteiger partial charge < -0.3 is 9.47 Å². The van der Waals surface area contributed by atoms with Crippen LogP contribution in [0.15, 0.2) is 0 Å². The van der Waals surface area contributed by atoms with Crippen molar-refractivity contribution in [1.29, 1.82) is 0 Å². The van der Waals surface area contributed by atoms with Crippen molar-refractivity contribution in [3.05, 3.63) is 0 Å². The number of hydrogen-bond acceptors (Lipinski definition) is 3. The van der Waals surface area contributed by atoms with Crippen molar-refractivity contribution < 1.29 is 44.6 Å². The first-order chi connectivity index (χ1) is 10.0. The highest BCUT2D eigenvalue weighted by atomic mass is 19.4. The Hall–Kier alpha value is -0.680. The summed E-state index contributed by atoms with van der Waals surface area (Å²) in [7, 11) is 0. The number of ether oxygens (including phenoxy) is 2. The number of nitrogens with zero attached hydrogens (tertiary/aromatic N) is 1. The fraction of sp³-hybridized carbons (Fsp3) is 1.00. The first kappa shape index (κ1) is 19.4. The predicted molar refractivity (Wildman–Crippen MR) is 58.9 cm³/mol. The van der Waals surface area contributed by atoms with E-state index in [1.165, 1.54) is 0 Å². The van der Waals surface area contributed by atoms with E-state index >= 15 is 0 Å². The van der Waals surface area contributed by atoms with Crippen molar-refractivity contribution in [3.63, 3.8) is 0 Å². The molecule has 0 aromatic rings. The highest BCUT2D eigenvalue weighted by molar-refractivity contribution is 4.97. The van der Waals surface area contributed by atoms with Crippen LogP contribution in [0.5, 0.6) is 0 Å². The van der Waals surface area contributed by atoms with E-state index in [1.807, 2.05) is 0 Å². The van der Waals surface area contributed by atoms with Gasteiger partial charge in [-0.1, -0.05) is 0 Å². The Morgan fingerprint density at radius 2 is 1.55 bits per heavy atom. The normalized spacial score (nSPS) is 19.0. The lowest BCUT2D eigenvalue weighted by molar-refractivity contribution is -0.346. The summed E-state index contributed by atoms with van der Waals surface area (Å²) in [5.41, 5.74) is 0. The third kappa shape index (κ3) is 4.19. The third-order valence-electron chi connectivity index (χ3n) is 3.09. The minimum Gasteiger partial charge on any atom is -0.379 e. The summed E-state index contributed by atoms with van der Waals surface area (Å²) in [5, 5.41) is 0. The maximum atomic E-state index is 13.1. The summed E-state index contributed by atoms with van der Waals surface area (Å²) in [6, 6.07) is 0. The van der Waals surface area contributed by atoms with Gasteiger partial charge in [0, 0.05) is 19.6 Å². The Labute approximate surface area is 121 Å². The standard InChI is InChI=1S/C11H15F8NO2/c12-8(13)10(16,17)11(18,19)9(14,15)7-22-6-3-20-1-4-21-5-2-20/h8H,1-7H2. The van der Waals surface area contributed by atoms with Crippen LogP contribution < -0.4 is 0 Å². The molecule has 132 valence electrons. The van der Waals surface area contributed by atoms with Gasteiger partial charge in [-0.15, -0.1) is 0 Å². The molecule has 0 radical (unpaired) electrons. The zero-order valence-corrected chi connectivity index (χ0v) is 11.3. The summed E-state index contributed by atoms with van der Waals surface area (Å²) in [6.07, 6.45) is -4.92. The number of halogens is 8. The fourth-order valence-corrected chi connectivity index (χ4v) is 1.69. The summed E-state index contributed by atoms with van der Waals surface area (Å²) >= 11 is 0. The van der Waals surface area contributed by atoms with Crippen molar-refractivity contribution in [2.45, 2.75) is 24.2 Å². The van der Waals surface area contributed by atoms with Crippen molar-refractivity contribution >= 4 is 0 Å². The van der Waals surface area contributed by atoms with Gasteiger partial charge in [0.2, 0.25) is 0 Å². The zero-order valence-electron chi connectivity index (χ0n) is 11.3. The monoisotopic (exact) mass is 345 g/mol. The molecule has 1 heterocycles. The van der Waals surface area contributed by atoms with Crippen molar-refractivity contribution in [3.8, 4) is 0 Å². The van der Waals surface area contributed by atoms with Crippen LogP contribution in [0, 0.1) is 0 Å². The third-order valence-corrected chi connectivity index (χ3v) is 3.09. The van der Waals surface area contributed by atoms with Crippen molar-refractivity contribution in [2.75, 3.05) is 46.1 Å². The molecule has 0 aliphatic carbocycles. The maximum Gasteiger partial charge on any atom is 0.380 e. The average molecular weight is 345 g/mol. The lowest BCUT2D eigenvalue weighted by Crippen LogP contribution is -2.59. The Morgan fingerprint density at radius 1 is 1.00 bits per heavy atom. The lowest BCUT2D eigenvalue weighted by Gasteiger charge is -2.32. The molecule has 1 aliphatic heterocycles. The highest BCUT2D eigenvalue weighted by Gasteiger charge is 2.75. The maximum absolute atomic E-state index is 13.1. The summed E-state index contributed by atoms with van der Waals surface area (Å²) < 4.78 is 110. The molecule has 0 atom stereocenters. The van der Waals surface area contributed by atoms with Crippen LogP contribution in [0.2, 0.25) is 0 Å². The Bertz CT molecular complexity index is 347. The molecule has 0 bridgehead atoms. The SMILES string of the molecule is FC(F)C(F)(F)C(F)(F)C(F)(F)COCCN1CCOCC1. The minimum atomic E-state index is -6.22. The predicted octanol–water partition coefficient (Wildman–Crippen LogP) is 2.51. The smallest absolute Gasteiger partial charge is 0.379 e. The van der Waals surface area contributed by atoms with Gasteiger partial charge >= 0.3 is 24.2 Å². The molecule has 0 aromatic carbocycles. The number of rotatable bonds is 8. The van der Waals surface area contributed by atoms with Crippen LogP contribution in [0.25, 0.3) is 0 Å². The molecule has 11 heteroatoms. The minimum absolute atomic E-state index is 0.107. The molecule has 0 saturated carbocycles. The van der Waals surface area contributed by atoms with Crippen LogP contribution in [0.1, 0.15) is 0 Å². The topological polar surface area (TPSA) is 21.7 Å². The van der Waals surface area contributed by atoms with Crippen LogP contribution >= 0.6 is 0 Å². The molecule has 3 nitrogen and oxygen atoms in total. The van der Waals surface area contributed by atoms with Crippen LogP contribution in [0.4, 0.5) is 35.1 Å². The molecule has 0 aromatic heterocycles. The van der Waals surface area contributed by atoms with E-state index in [1.54, 1.807) is 4.90 Å². The van der Waals surface area contributed by atoms with E-state index in [0.29, 0.717) is 26.3 Å². The molecule has 1 rings (SSSR count). The van der Waals surface area contributed by atoms with Crippen molar-refractivity contribution in [1.82, 2.24) is 4.90 Å². The van der Waals surface area contributed by atoms with Gasteiger partial charge in [-0.2, -0.15) is 26.3 Å². The van der Waals surface area contributed by atoms with E-state index in [9.17, 15) is 35.1 Å². The second-order valence-corrected chi connectivity index (χ2v) is 4.71. The second-order valence-electron chi connectivity index (χ2n) is 4.71. The van der Waals surface area contributed by atoms with E-state index in [-0.39, 0.29) is 6.54 Å². The largest absolute Gasteiger partial charge is 0.380 e. The van der Waals surface area contributed by atoms with E-state index in [0.717, 1.165) is 0 Å². The van der Waals surface area contributed by atoms with Gasteiger partial charge in [-0.05, 0) is 0 Å². The average Bonchev–Trinajstić information content (AvgIpc) is 2.44. The molecule has 0 N–H and O–H groups in total. The molecule has 22 heavy (non-hydrogen) atoms. The van der Waals surface area contributed by atoms with Gasteiger partial charge in [-0.25, -0.2) is 8.78 Å². The van der Waals surface area contributed by atoms with E-state index in [4.69, 9.17) is 4.74 Å². The van der Waals surface area contributed by atoms with Gasteiger partial charge in [0.15, 0.2) is 0 Å². The Balaban J connectivity index is 2.48. The fourth-order valence-electron chi connectivity index (χ4n) is 1.69. The molecule has 1 fully saturated rings. The summed E-state index contributed by atoms with van der Waals surface area (Å²) in [5.74, 6) is -17.8. The molecule has 0 unspecified atom stereocenters. The van der Waals surface area contributed by atoms with Gasteiger partial charge in [0.05, 0.1) is 19.8 Å². The highest BCUT2D eigenvalue weighted by Crippen LogP contribution is 2.48. The zero-order chi connectivity index (χ0) is 17.0. The number of morpholine rings is 1. The quantitative estimate of drug-likeness (QED) is 0.498. The van der Waals surface area contributed by atoms with Gasteiger partial charge in [-0.3, -0.25) is 4.90 Å². The first-order valence-electron chi connectivity index (χ1n) is 6.32. The van der Waals surface area contributed by atoms with Crippen LogP contribution in [-0.2, 0) is 9.47 Å². The van der Waals surface area contributed by atoms with Crippen LogP contribution in [0.3, 0.4) is 0 Å².